The number of benzene rings is 3. The van der Waals surface area contributed by atoms with Crippen molar-refractivity contribution in [2.75, 3.05) is 29.0 Å². The van der Waals surface area contributed by atoms with E-state index in [0.29, 0.717) is 27.8 Å². The normalized spacial score (nSPS) is 12.6. The van der Waals surface area contributed by atoms with Gasteiger partial charge in [-0.25, -0.2) is 4.98 Å². The summed E-state index contributed by atoms with van der Waals surface area (Å²) in [4.78, 5) is 35.6. The van der Waals surface area contributed by atoms with Gasteiger partial charge in [0.15, 0.2) is 12.1 Å². The number of aryl methyl sites for hydroxylation is 1. The zero-order valence-electron chi connectivity index (χ0n) is 21.2. The number of amides is 2. The second-order valence-electron chi connectivity index (χ2n) is 8.81. The second-order valence-corrected chi connectivity index (χ2v) is 8.81. The Morgan fingerprint density at radius 2 is 1.76 bits per heavy atom. The van der Waals surface area contributed by atoms with Gasteiger partial charge in [0.2, 0.25) is 0 Å². The van der Waals surface area contributed by atoms with E-state index < -0.39 is 18.1 Å². The predicted octanol–water partition coefficient (Wildman–Crippen LogP) is 3.77. The first-order valence-corrected chi connectivity index (χ1v) is 12.3. The van der Waals surface area contributed by atoms with E-state index in [2.05, 4.69) is 39.3 Å². The zero-order chi connectivity index (χ0) is 26.5. The molecule has 1 heterocycles. The second kappa shape index (κ2) is 11.1. The minimum atomic E-state index is -1.55. The number of nitrogen functional groups attached to an aromatic ring is 1. The van der Waals surface area contributed by atoms with Crippen LogP contribution < -0.4 is 21.3 Å². The summed E-state index contributed by atoms with van der Waals surface area (Å²) in [6.45, 7) is 7.74. The number of hydrogen-bond donors (Lipinski definition) is 5. The first-order chi connectivity index (χ1) is 17.8. The van der Waals surface area contributed by atoms with Crippen molar-refractivity contribution in [1.82, 2.24) is 15.3 Å². The number of hydrogen-bond acceptors (Lipinski definition) is 6. The molecule has 2 unspecified atom stereocenters. The molecule has 9 nitrogen and oxygen atoms in total. The van der Waals surface area contributed by atoms with Gasteiger partial charge in [0, 0.05) is 30.0 Å². The van der Waals surface area contributed by atoms with Crippen molar-refractivity contribution < 1.29 is 14.7 Å². The molecule has 0 fully saturated rings. The van der Waals surface area contributed by atoms with Crippen LogP contribution in [0.3, 0.4) is 0 Å². The van der Waals surface area contributed by atoms with E-state index in [1.165, 1.54) is 0 Å². The van der Waals surface area contributed by atoms with Gasteiger partial charge in [0.1, 0.15) is 0 Å². The molecule has 37 heavy (non-hydrogen) atoms. The van der Waals surface area contributed by atoms with Gasteiger partial charge in [0.25, 0.3) is 11.8 Å². The molecule has 4 rings (SSSR count). The van der Waals surface area contributed by atoms with Gasteiger partial charge in [-0.05, 0) is 74.4 Å². The van der Waals surface area contributed by atoms with Crippen LogP contribution >= 0.6 is 0 Å². The van der Waals surface area contributed by atoms with Crippen LogP contribution in [0.4, 0.5) is 17.3 Å². The van der Waals surface area contributed by atoms with Gasteiger partial charge in [-0.1, -0.05) is 24.3 Å². The number of imidazole rings is 1. The number of carbonyl (C=O) groups excluding carboxylic acids is 2. The monoisotopic (exact) mass is 500 g/mol. The van der Waals surface area contributed by atoms with Crippen molar-refractivity contribution in [3.63, 3.8) is 0 Å². The molecule has 9 heteroatoms. The first kappa shape index (κ1) is 25.7. The molecule has 0 aliphatic heterocycles. The van der Waals surface area contributed by atoms with Crippen LogP contribution in [-0.2, 0) is 4.79 Å². The Balaban J connectivity index is 1.56. The summed E-state index contributed by atoms with van der Waals surface area (Å²) >= 11 is 0. The summed E-state index contributed by atoms with van der Waals surface area (Å²) < 4.78 is 0. The van der Waals surface area contributed by atoms with Crippen LogP contribution in [0.2, 0.25) is 0 Å². The highest BCUT2D eigenvalue weighted by Gasteiger charge is 2.30. The third-order valence-electron chi connectivity index (χ3n) is 6.42. The molecule has 2 amide bonds. The van der Waals surface area contributed by atoms with Crippen LogP contribution in [-0.4, -0.2) is 46.1 Å². The zero-order valence-corrected chi connectivity index (χ0v) is 21.2. The van der Waals surface area contributed by atoms with Crippen molar-refractivity contribution in [2.45, 2.75) is 32.9 Å². The summed E-state index contributed by atoms with van der Waals surface area (Å²) in [6.07, 6.45) is -1.55. The van der Waals surface area contributed by atoms with Gasteiger partial charge >= 0.3 is 0 Å². The van der Waals surface area contributed by atoms with E-state index in [-0.39, 0.29) is 11.9 Å². The van der Waals surface area contributed by atoms with Crippen LogP contribution in [0.15, 0.2) is 66.7 Å². The van der Waals surface area contributed by atoms with Crippen LogP contribution in [0, 0.1) is 6.92 Å². The molecule has 0 saturated carbocycles. The molecule has 3 aromatic carbocycles. The number of nitrogens with one attached hydrogen (secondary N) is 3. The van der Waals surface area contributed by atoms with Crippen molar-refractivity contribution in [3.05, 3.63) is 83.4 Å². The minimum Gasteiger partial charge on any atom is -0.381 e. The summed E-state index contributed by atoms with van der Waals surface area (Å²) in [5, 5.41) is 16.7. The molecule has 0 aliphatic carbocycles. The molecular formula is C28H32N6O3. The van der Waals surface area contributed by atoms with Crippen LogP contribution in [0.25, 0.3) is 11.0 Å². The molecule has 2 atom stereocenters. The maximum absolute atomic E-state index is 13.2. The Morgan fingerprint density at radius 3 is 2.43 bits per heavy atom. The van der Waals surface area contributed by atoms with Gasteiger partial charge in [-0.2, -0.15) is 0 Å². The highest BCUT2D eigenvalue weighted by atomic mass is 16.3. The van der Waals surface area contributed by atoms with E-state index in [4.69, 9.17) is 5.73 Å². The number of aliphatic hydroxyl groups excluding tert-OH is 1. The van der Waals surface area contributed by atoms with E-state index in [9.17, 15) is 14.7 Å². The van der Waals surface area contributed by atoms with Gasteiger partial charge in [-0.3, -0.25) is 9.59 Å². The molecule has 6 N–H and O–H groups in total. The third kappa shape index (κ3) is 5.73. The topological polar surface area (TPSA) is 136 Å². The number of carbonyl (C=O) groups is 2. The van der Waals surface area contributed by atoms with Crippen LogP contribution in [0.5, 0.6) is 0 Å². The van der Waals surface area contributed by atoms with E-state index in [0.717, 1.165) is 24.3 Å². The number of rotatable bonds is 9. The summed E-state index contributed by atoms with van der Waals surface area (Å²) in [7, 11) is 0. The lowest BCUT2D eigenvalue weighted by Gasteiger charge is -2.26. The van der Waals surface area contributed by atoms with E-state index in [1.807, 2.05) is 37.3 Å². The molecule has 0 radical (unpaired) electrons. The molecule has 0 saturated heterocycles. The quantitative estimate of drug-likeness (QED) is 0.237. The summed E-state index contributed by atoms with van der Waals surface area (Å²) in [5.74, 6) is -0.774. The Labute approximate surface area is 215 Å². The number of anilines is 3. The molecule has 0 bridgehead atoms. The Bertz CT molecular complexity index is 1390. The van der Waals surface area contributed by atoms with Crippen molar-refractivity contribution in [1.29, 1.82) is 0 Å². The average molecular weight is 501 g/mol. The standard InChI is InChI=1S/C28H32N6O3/c1-4-34(5-2)20-13-10-18(11-14-20)26(36)33-24(21-9-7-6-8-17(21)3)25(35)27(37)30-19-12-15-22-23(16-19)32-28(29)31-22/h6-16,24-25,35H,4-5H2,1-3H3,(H,30,37)(H,33,36)(H3,29,31,32). The number of fused-ring (bicyclic) bond motifs is 1. The smallest absolute Gasteiger partial charge is 0.255 e. The number of aromatic nitrogens is 2. The van der Waals surface area contributed by atoms with E-state index in [1.54, 1.807) is 36.4 Å². The van der Waals surface area contributed by atoms with Gasteiger partial charge < -0.3 is 31.4 Å². The fourth-order valence-electron chi connectivity index (χ4n) is 4.37. The summed E-state index contributed by atoms with van der Waals surface area (Å²) in [6, 6.07) is 18.7. The Morgan fingerprint density at radius 1 is 1.05 bits per heavy atom. The number of nitrogens with zero attached hydrogens (tertiary/aromatic N) is 2. The lowest BCUT2D eigenvalue weighted by molar-refractivity contribution is -0.125. The highest BCUT2D eigenvalue weighted by Crippen LogP contribution is 2.24. The van der Waals surface area contributed by atoms with E-state index >= 15 is 0 Å². The number of aromatic amines is 1. The molecule has 4 aromatic rings. The van der Waals surface area contributed by atoms with Crippen molar-refractivity contribution in [3.8, 4) is 0 Å². The molecule has 1 aromatic heterocycles. The Hall–Kier alpha value is -4.37. The largest absolute Gasteiger partial charge is 0.381 e. The predicted molar refractivity (Wildman–Crippen MR) is 147 cm³/mol. The summed E-state index contributed by atoms with van der Waals surface area (Å²) in [5.41, 5.74) is 10.4. The first-order valence-electron chi connectivity index (χ1n) is 12.3. The maximum Gasteiger partial charge on any atom is 0.255 e. The lowest BCUT2D eigenvalue weighted by Crippen LogP contribution is -2.43. The van der Waals surface area contributed by atoms with Crippen LogP contribution in [0.1, 0.15) is 41.4 Å². The molecule has 0 spiro atoms. The molecular weight excluding hydrogens is 468 g/mol. The van der Waals surface area contributed by atoms with Gasteiger partial charge in [-0.15, -0.1) is 0 Å². The Kier molecular flexibility index (Phi) is 7.74. The third-order valence-corrected chi connectivity index (χ3v) is 6.42. The number of nitrogens with two attached hydrogens (primary N) is 1. The number of H-pyrrole nitrogens is 1. The SMILES string of the molecule is CCN(CC)c1ccc(C(=O)NC(c2ccccc2C)C(O)C(=O)Nc2ccc3nc(N)[nH]c3c2)cc1. The fourth-order valence-corrected chi connectivity index (χ4v) is 4.37. The highest BCUT2D eigenvalue weighted by molar-refractivity contribution is 5.98. The number of aliphatic hydroxyl groups is 1. The fraction of sp³-hybridized carbons (Fsp3) is 0.250. The minimum absolute atomic E-state index is 0.269. The molecule has 192 valence electrons. The van der Waals surface area contributed by atoms with Crippen molar-refractivity contribution in [2.24, 2.45) is 0 Å². The average Bonchev–Trinajstić information content (AvgIpc) is 3.27. The molecule has 0 aliphatic rings. The van der Waals surface area contributed by atoms with Crippen molar-refractivity contribution >= 4 is 40.2 Å². The maximum atomic E-state index is 13.2. The van der Waals surface area contributed by atoms with Gasteiger partial charge in [0.05, 0.1) is 17.1 Å². The lowest BCUT2D eigenvalue weighted by atomic mass is 9.95.